The largest absolute Gasteiger partial charge is 0.513 e. The number of nitrogens with zero attached hydrogens (tertiary/aromatic N) is 2. The summed E-state index contributed by atoms with van der Waals surface area (Å²) < 4.78 is 24.7. The first kappa shape index (κ1) is 25.9. The van der Waals surface area contributed by atoms with Gasteiger partial charge in [0, 0.05) is 12.4 Å². The van der Waals surface area contributed by atoms with Crippen LogP contribution in [0.4, 0.5) is 9.59 Å². The van der Waals surface area contributed by atoms with Crippen LogP contribution in [-0.4, -0.2) is 43.1 Å². The molecular weight excluding hydrogens is 444 g/mol. The normalized spacial score (nSPS) is 10.6. The first-order valence-corrected chi connectivity index (χ1v) is 10.5. The van der Waals surface area contributed by atoms with E-state index >= 15 is 0 Å². The minimum absolute atomic E-state index is 0.0672. The van der Waals surface area contributed by atoms with Gasteiger partial charge in [0.05, 0.1) is 19.8 Å². The molecule has 0 spiro atoms. The summed E-state index contributed by atoms with van der Waals surface area (Å²) in [7, 11) is 0. The Labute approximate surface area is 196 Å². The lowest BCUT2D eigenvalue weighted by Crippen LogP contribution is -2.14. The number of pyridine rings is 1. The summed E-state index contributed by atoms with van der Waals surface area (Å²) in [6.45, 7) is 3.47. The highest BCUT2D eigenvalue weighted by molar-refractivity contribution is 5.98. The van der Waals surface area contributed by atoms with Crippen molar-refractivity contribution in [3.8, 4) is 17.6 Å². The van der Waals surface area contributed by atoms with Crippen LogP contribution in [0.2, 0.25) is 0 Å². The molecule has 1 aromatic heterocycles. The Hall–Kier alpha value is -4.39. The lowest BCUT2D eigenvalue weighted by atomic mass is 10.1. The van der Waals surface area contributed by atoms with Crippen molar-refractivity contribution in [2.45, 2.75) is 26.7 Å². The van der Waals surface area contributed by atoms with Gasteiger partial charge in [-0.05, 0) is 62.1 Å². The second-order valence-electron chi connectivity index (χ2n) is 6.55. The van der Waals surface area contributed by atoms with Gasteiger partial charge in [-0.15, -0.1) is 0 Å². The number of hydrogen-bond acceptors (Lipinski definition) is 10. The topological polar surface area (TPSA) is 134 Å². The molecule has 0 aliphatic carbocycles. The summed E-state index contributed by atoms with van der Waals surface area (Å²) in [4.78, 5) is 39.7. The number of nitriles is 1. The maximum atomic E-state index is 12.3. The molecule has 2 rings (SSSR count). The Morgan fingerprint density at radius 2 is 1.71 bits per heavy atom. The SMILES string of the molecule is CCOC(=O)Oc1ccc(C=C(C#N)C(=O)OCCCc2cccnc2)cc1OC(=O)OCC. The Bertz CT molecular complexity index is 1060. The number of aryl methyl sites for hydroxylation is 1. The van der Waals surface area contributed by atoms with Crippen LogP contribution < -0.4 is 9.47 Å². The van der Waals surface area contributed by atoms with Crippen molar-refractivity contribution in [3.63, 3.8) is 0 Å². The molecule has 10 nitrogen and oxygen atoms in total. The van der Waals surface area contributed by atoms with Gasteiger partial charge < -0.3 is 23.7 Å². The standard InChI is InChI=1S/C24H24N2O8/c1-3-30-23(28)33-20-10-9-18(14-21(20)34-24(29)31-4-2)13-19(15-25)22(27)32-12-6-8-17-7-5-11-26-16-17/h5,7,9-11,13-14,16H,3-4,6,8,12H2,1-2H3. The van der Waals surface area contributed by atoms with Crippen LogP contribution in [0, 0.1) is 11.3 Å². The first-order chi connectivity index (χ1) is 16.5. The number of carbonyl (C=O) groups excluding carboxylic acids is 3. The number of esters is 1. The summed E-state index contributed by atoms with van der Waals surface area (Å²) in [6.07, 6.45) is 3.88. The van der Waals surface area contributed by atoms with E-state index < -0.39 is 18.3 Å². The monoisotopic (exact) mass is 468 g/mol. The lowest BCUT2D eigenvalue weighted by molar-refractivity contribution is -0.138. The van der Waals surface area contributed by atoms with E-state index in [4.69, 9.17) is 23.7 Å². The number of carbonyl (C=O) groups is 3. The van der Waals surface area contributed by atoms with Gasteiger partial charge in [-0.25, -0.2) is 14.4 Å². The molecule has 0 saturated heterocycles. The highest BCUT2D eigenvalue weighted by Gasteiger charge is 2.17. The van der Waals surface area contributed by atoms with Crippen molar-refractivity contribution >= 4 is 24.4 Å². The van der Waals surface area contributed by atoms with Gasteiger partial charge in [-0.3, -0.25) is 4.98 Å². The van der Waals surface area contributed by atoms with Gasteiger partial charge in [0.1, 0.15) is 11.6 Å². The Balaban J connectivity index is 2.11. The molecule has 1 heterocycles. The maximum Gasteiger partial charge on any atom is 0.513 e. The van der Waals surface area contributed by atoms with Gasteiger partial charge in [-0.1, -0.05) is 12.1 Å². The van der Waals surface area contributed by atoms with Crippen molar-refractivity contribution in [1.82, 2.24) is 4.98 Å². The fourth-order valence-electron chi connectivity index (χ4n) is 2.62. The molecule has 0 saturated carbocycles. The fourth-order valence-corrected chi connectivity index (χ4v) is 2.62. The molecule has 2 aromatic rings. The second-order valence-corrected chi connectivity index (χ2v) is 6.55. The molecule has 178 valence electrons. The van der Waals surface area contributed by atoms with E-state index in [1.807, 2.05) is 12.1 Å². The van der Waals surface area contributed by atoms with E-state index in [-0.39, 0.29) is 36.9 Å². The molecule has 0 amide bonds. The number of benzene rings is 1. The van der Waals surface area contributed by atoms with E-state index in [1.54, 1.807) is 32.3 Å². The molecule has 0 radical (unpaired) electrons. The van der Waals surface area contributed by atoms with E-state index in [0.29, 0.717) is 18.4 Å². The number of hydrogen-bond donors (Lipinski definition) is 0. The molecule has 0 fully saturated rings. The third-order valence-electron chi connectivity index (χ3n) is 4.10. The van der Waals surface area contributed by atoms with E-state index in [2.05, 4.69) is 4.98 Å². The molecular formula is C24H24N2O8. The molecule has 0 N–H and O–H groups in total. The average molecular weight is 468 g/mol. The van der Waals surface area contributed by atoms with Gasteiger partial charge in [-0.2, -0.15) is 5.26 Å². The molecule has 0 unspecified atom stereocenters. The third-order valence-corrected chi connectivity index (χ3v) is 4.10. The predicted octanol–water partition coefficient (Wildman–Crippen LogP) is 4.24. The molecule has 0 bridgehead atoms. The minimum Gasteiger partial charge on any atom is -0.462 e. The number of ether oxygens (including phenoxy) is 5. The first-order valence-electron chi connectivity index (χ1n) is 10.5. The van der Waals surface area contributed by atoms with E-state index in [1.165, 1.54) is 24.3 Å². The predicted molar refractivity (Wildman–Crippen MR) is 119 cm³/mol. The fraction of sp³-hybridized carbons (Fsp3) is 0.292. The zero-order valence-electron chi connectivity index (χ0n) is 18.8. The van der Waals surface area contributed by atoms with Crippen LogP contribution >= 0.6 is 0 Å². The van der Waals surface area contributed by atoms with Crippen LogP contribution in [-0.2, 0) is 25.4 Å². The van der Waals surface area contributed by atoms with Crippen LogP contribution in [0.1, 0.15) is 31.4 Å². The van der Waals surface area contributed by atoms with Gasteiger partial charge in [0.15, 0.2) is 11.5 Å². The zero-order valence-corrected chi connectivity index (χ0v) is 18.8. The zero-order chi connectivity index (χ0) is 24.8. The highest BCUT2D eigenvalue weighted by atomic mass is 16.7. The van der Waals surface area contributed by atoms with E-state index in [0.717, 1.165) is 5.56 Å². The Morgan fingerprint density at radius 1 is 1.00 bits per heavy atom. The molecule has 1 aromatic carbocycles. The van der Waals surface area contributed by atoms with Crippen molar-refractivity contribution in [2.75, 3.05) is 19.8 Å². The second kappa shape index (κ2) is 13.9. The molecule has 0 aliphatic heterocycles. The quantitative estimate of drug-likeness (QED) is 0.124. The molecule has 34 heavy (non-hydrogen) atoms. The summed E-state index contributed by atoms with van der Waals surface area (Å²) >= 11 is 0. The number of rotatable bonds is 10. The van der Waals surface area contributed by atoms with Gasteiger partial charge in [0.2, 0.25) is 0 Å². The van der Waals surface area contributed by atoms with Crippen LogP contribution in [0.25, 0.3) is 6.08 Å². The van der Waals surface area contributed by atoms with Crippen molar-refractivity contribution in [3.05, 3.63) is 59.4 Å². The summed E-state index contributed by atoms with van der Waals surface area (Å²) in [6, 6.07) is 9.62. The Kier molecular flexibility index (Phi) is 10.6. The van der Waals surface area contributed by atoms with E-state index in [9.17, 15) is 19.6 Å². The van der Waals surface area contributed by atoms with Crippen molar-refractivity contribution in [2.24, 2.45) is 0 Å². The van der Waals surface area contributed by atoms with Gasteiger partial charge >= 0.3 is 18.3 Å². The summed E-state index contributed by atoms with van der Waals surface area (Å²) in [5.41, 5.74) is 1.07. The number of aromatic nitrogens is 1. The summed E-state index contributed by atoms with van der Waals surface area (Å²) in [5, 5.41) is 9.39. The van der Waals surface area contributed by atoms with Crippen molar-refractivity contribution in [1.29, 1.82) is 5.26 Å². The molecule has 0 aliphatic rings. The molecule has 0 atom stereocenters. The highest BCUT2D eigenvalue weighted by Crippen LogP contribution is 2.30. The third kappa shape index (κ3) is 8.63. The average Bonchev–Trinajstić information content (AvgIpc) is 2.82. The Morgan fingerprint density at radius 3 is 2.32 bits per heavy atom. The molecule has 10 heteroatoms. The van der Waals surface area contributed by atoms with Crippen LogP contribution in [0.3, 0.4) is 0 Å². The lowest BCUT2D eigenvalue weighted by Gasteiger charge is -2.11. The smallest absolute Gasteiger partial charge is 0.462 e. The summed E-state index contributed by atoms with van der Waals surface area (Å²) in [5.74, 6) is -1.07. The van der Waals surface area contributed by atoms with Crippen LogP contribution in [0.5, 0.6) is 11.5 Å². The van der Waals surface area contributed by atoms with Gasteiger partial charge in [0.25, 0.3) is 0 Å². The van der Waals surface area contributed by atoms with Crippen LogP contribution in [0.15, 0.2) is 48.3 Å². The van der Waals surface area contributed by atoms with Crippen molar-refractivity contribution < 1.29 is 38.1 Å². The minimum atomic E-state index is -1.02. The maximum absolute atomic E-state index is 12.3.